The average molecular weight is 437 g/mol. The second-order valence-corrected chi connectivity index (χ2v) is 9.53. The fraction of sp³-hybridized carbons (Fsp3) is 0.542. The molecule has 1 unspecified atom stereocenters. The number of hydrogen-bond donors (Lipinski definition) is 2. The fourth-order valence-electron chi connectivity index (χ4n) is 5.33. The van der Waals surface area contributed by atoms with Crippen molar-refractivity contribution >= 4 is 17.0 Å². The molecule has 1 aliphatic carbocycles. The number of anilines is 1. The summed E-state index contributed by atoms with van der Waals surface area (Å²) in [5.74, 6) is 0.344. The number of hydrogen-bond acceptors (Lipinski definition) is 7. The third kappa shape index (κ3) is 3.87. The van der Waals surface area contributed by atoms with E-state index in [-0.39, 0.29) is 17.6 Å². The van der Waals surface area contributed by atoms with Crippen molar-refractivity contribution in [2.45, 2.75) is 64.7 Å². The van der Waals surface area contributed by atoms with Crippen LogP contribution in [0.2, 0.25) is 0 Å². The van der Waals surface area contributed by atoms with E-state index in [1.54, 1.807) is 6.33 Å². The van der Waals surface area contributed by atoms with Crippen LogP contribution >= 0.6 is 0 Å². The summed E-state index contributed by atoms with van der Waals surface area (Å²) in [4.78, 5) is 12.8. The summed E-state index contributed by atoms with van der Waals surface area (Å²) in [6.07, 6.45) is 5.38. The Balaban J connectivity index is 1.30. The summed E-state index contributed by atoms with van der Waals surface area (Å²) >= 11 is 0. The van der Waals surface area contributed by atoms with E-state index in [9.17, 15) is 0 Å². The van der Waals surface area contributed by atoms with Crippen molar-refractivity contribution in [1.29, 1.82) is 0 Å². The Morgan fingerprint density at radius 1 is 1.16 bits per heavy atom. The molecule has 8 nitrogen and oxygen atoms in total. The second kappa shape index (κ2) is 8.10. The topological polar surface area (TPSA) is 100 Å². The molecular formula is C24H32N6O2. The lowest BCUT2D eigenvalue weighted by Crippen LogP contribution is -2.37. The normalized spacial score (nSPS) is 28.9. The largest absolute Gasteiger partial charge is 0.382 e. The molecule has 2 fully saturated rings. The highest BCUT2D eigenvalue weighted by Gasteiger charge is 2.63. The summed E-state index contributed by atoms with van der Waals surface area (Å²) in [6.45, 7) is 8.75. The quantitative estimate of drug-likeness (QED) is 0.559. The predicted molar refractivity (Wildman–Crippen MR) is 123 cm³/mol. The van der Waals surface area contributed by atoms with E-state index in [1.165, 1.54) is 11.9 Å². The minimum atomic E-state index is -0.619. The van der Waals surface area contributed by atoms with Gasteiger partial charge < -0.3 is 25.1 Å². The van der Waals surface area contributed by atoms with Crippen LogP contribution in [0.3, 0.4) is 0 Å². The van der Waals surface area contributed by atoms with Crippen molar-refractivity contribution in [3.63, 3.8) is 0 Å². The highest BCUT2D eigenvalue weighted by Crippen LogP contribution is 2.61. The highest BCUT2D eigenvalue weighted by atomic mass is 16.8. The molecule has 0 radical (unpaired) electrons. The average Bonchev–Trinajstić information content (AvgIpc) is 3.19. The molecule has 4 atom stereocenters. The van der Waals surface area contributed by atoms with Gasteiger partial charge >= 0.3 is 0 Å². The Hall–Kier alpha value is -2.55. The number of aromatic nitrogens is 4. The Morgan fingerprint density at radius 2 is 1.97 bits per heavy atom. The Kier molecular flexibility index (Phi) is 5.39. The molecule has 3 aromatic rings. The number of imidazole rings is 1. The van der Waals surface area contributed by atoms with E-state index in [0.29, 0.717) is 23.8 Å². The summed E-state index contributed by atoms with van der Waals surface area (Å²) in [7, 11) is 0. The molecule has 1 saturated carbocycles. The first-order valence-corrected chi connectivity index (χ1v) is 11.4. The van der Waals surface area contributed by atoms with Crippen LogP contribution < -0.4 is 11.1 Å². The van der Waals surface area contributed by atoms with Crippen molar-refractivity contribution in [3.8, 4) is 0 Å². The molecule has 5 rings (SSSR count). The lowest BCUT2D eigenvalue weighted by molar-refractivity contribution is -0.153. The molecule has 0 amide bonds. The smallest absolute Gasteiger partial charge is 0.165 e. The van der Waals surface area contributed by atoms with Gasteiger partial charge in [0, 0.05) is 12.0 Å². The number of rotatable bonds is 8. The maximum absolute atomic E-state index is 6.52. The lowest BCUT2D eigenvalue weighted by atomic mass is 9.89. The van der Waals surface area contributed by atoms with Gasteiger partial charge in [-0.25, -0.2) is 15.0 Å². The van der Waals surface area contributed by atoms with Crippen molar-refractivity contribution < 1.29 is 9.47 Å². The number of nitrogens with zero attached hydrogens (tertiary/aromatic N) is 4. The number of nitrogens with two attached hydrogens (primary N) is 1. The third-order valence-corrected chi connectivity index (χ3v) is 7.06. The Morgan fingerprint density at radius 3 is 2.75 bits per heavy atom. The van der Waals surface area contributed by atoms with Gasteiger partial charge in [-0.2, -0.15) is 0 Å². The van der Waals surface area contributed by atoms with E-state index in [2.05, 4.69) is 57.5 Å². The van der Waals surface area contributed by atoms with Crippen LogP contribution in [0, 0.1) is 11.3 Å². The molecule has 32 heavy (non-hydrogen) atoms. The number of benzene rings is 1. The van der Waals surface area contributed by atoms with Gasteiger partial charge in [0.2, 0.25) is 0 Å². The first-order valence-electron chi connectivity index (χ1n) is 11.4. The Bertz CT molecular complexity index is 1080. The molecule has 3 heterocycles. The lowest BCUT2D eigenvalue weighted by Gasteiger charge is -2.27. The zero-order valence-electron chi connectivity index (χ0n) is 19.0. The molecular weight excluding hydrogens is 404 g/mol. The molecule has 1 saturated heterocycles. The molecule has 2 aromatic heterocycles. The van der Waals surface area contributed by atoms with Crippen LogP contribution in [0.15, 0.2) is 43.0 Å². The first kappa shape index (κ1) is 21.3. The van der Waals surface area contributed by atoms with E-state index < -0.39 is 5.79 Å². The number of fused-ring (bicyclic) bond motifs is 1. The number of ether oxygens (including phenoxy) is 2. The van der Waals surface area contributed by atoms with Gasteiger partial charge in [0.05, 0.1) is 19.0 Å². The molecule has 0 spiro atoms. The molecule has 0 bridgehead atoms. The minimum absolute atomic E-state index is 0.0164. The van der Waals surface area contributed by atoms with Gasteiger partial charge in [0.15, 0.2) is 17.3 Å². The van der Waals surface area contributed by atoms with Crippen molar-refractivity contribution in [2.75, 3.05) is 12.3 Å². The SMILES string of the molecule is CC[C@@]1(C2OC(C)(C)O[C@@H]2Cn2cnc3c(N)ncnc32)C[C@@H]1CNCc1ccccc1. The third-order valence-electron chi connectivity index (χ3n) is 7.06. The zero-order valence-corrected chi connectivity index (χ0v) is 19.0. The molecule has 1 aliphatic heterocycles. The minimum Gasteiger partial charge on any atom is -0.382 e. The standard InChI is InChI=1S/C24H32N6O2/c1-4-24(10-17(24)12-26-11-16-8-6-5-7-9-16)20-18(31-23(2,3)32-20)13-30-15-29-19-21(25)27-14-28-22(19)30/h5-9,14-15,17-18,20,26H,4,10-13H2,1-3H3,(H2,25,27,28)/t17-,18-,20?,24-/m1/s1. The number of nitrogen functional groups attached to an aromatic ring is 1. The highest BCUT2D eigenvalue weighted by molar-refractivity contribution is 5.81. The maximum Gasteiger partial charge on any atom is 0.165 e. The first-order chi connectivity index (χ1) is 15.4. The van der Waals surface area contributed by atoms with Crippen LogP contribution in [0.4, 0.5) is 5.82 Å². The van der Waals surface area contributed by atoms with Gasteiger partial charge in [-0.1, -0.05) is 37.3 Å². The van der Waals surface area contributed by atoms with Crippen LogP contribution in [-0.2, 0) is 22.6 Å². The fourth-order valence-corrected chi connectivity index (χ4v) is 5.33. The maximum atomic E-state index is 6.52. The van der Waals surface area contributed by atoms with Crippen LogP contribution in [0.1, 0.15) is 39.2 Å². The van der Waals surface area contributed by atoms with Crippen LogP contribution in [0.25, 0.3) is 11.2 Å². The van der Waals surface area contributed by atoms with Gasteiger partial charge in [0.25, 0.3) is 0 Å². The molecule has 8 heteroatoms. The molecule has 2 aliphatic rings. The second-order valence-electron chi connectivity index (χ2n) is 9.53. The summed E-state index contributed by atoms with van der Waals surface area (Å²) < 4.78 is 14.9. The van der Waals surface area contributed by atoms with Crippen LogP contribution in [0.5, 0.6) is 0 Å². The summed E-state index contributed by atoms with van der Waals surface area (Å²) in [6, 6.07) is 10.5. The summed E-state index contributed by atoms with van der Waals surface area (Å²) in [5, 5.41) is 3.65. The van der Waals surface area contributed by atoms with Gasteiger partial charge in [-0.15, -0.1) is 0 Å². The summed E-state index contributed by atoms with van der Waals surface area (Å²) in [5.41, 5.74) is 8.75. The van der Waals surface area contributed by atoms with Gasteiger partial charge in [0.1, 0.15) is 17.9 Å². The van der Waals surface area contributed by atoms with E-state index >= 15 is 0 Å². The van der Waals surface area contributed by atoms with E-state index in [0.717, 1.165) is 31.6 Å². The predicted octanol–water partition coefficient (Wildman–Crippen LogP) is 3.13. The van der Waals surface area contributed by atoms with Crippen LogP contribution in [-0.4, -0.2) is 44.1 Å². The number of nitrogens with one attached hydrogen (secondary N) is 1. The van der Waals surface area contributed by atoms with Crippen molar-refractivity contribution in [3.05, 3.63) is 48.5 Å². The molecule has 1 aromatic carbocycles. The molecule has 170 valence electrons. The Labute approximate surface area is 188 Å². The monoisotopic (exact) mass is 436 g/mol. The molecule has 3 N–H and O–H groups in total. The zero-order chi connectivity index (χ0) is 22.3. The van der Waals surface area contributed by atoms with E-state index in [1.807, 2.05) is 18.4 Å². The van der Waals surface area contributed by atoms with E-state index in [4.69, 9.17) is 15.2 Å². The van der Waals surface area contributed by atoms with Gasteiger partial charge in [-0.05, 0) is 44.7 Å². The van der Waals surface area contributed by atoms with Crippen molar-refractivity contribution in [1.82, 2.24) is 24.8 Å². The van der Waals surface area contributed by atoms with Crippen molar-refractivity contribution in [2.24, 2.45) is 11.3 Å². The van der Waals surface area contributed by atoms with Gasteiger partial charge in [-0.3, -0.25) is 0 Å².